The summed E-state index contributed by atoms with van der Waals surface area (Å²) in [5.74, 6) is 0.323. The van der Waals surface area contributed by atoms with Gasteiger partial charge in [-0.05, 0) is 32.1 Å². The predicted octanol–water partition coefficient (Wildman–Crippen LogP) is 0.509. The second-order valence-electron chi connectivity index (χ2n) is 4.53. The molecule has 0 aromatic heterocycles. The summed E-state index contributed by atoms with van der Waals surface area (Å²) < 4.78 is 0. The van der Waals surface area contributed by atoms with E-state index in [9.17, 15) is 9.90 Å². The van der Waals surface area contributed by atoms with Crippen molar-refractivity contribution in [1.29, 1.82) is 0 Å². The first-order valence-corrected chi connectivity index (χ1v) is 5.89. The molecule has 1 aliphatic rings. The summed E-state index contributed by atoms with van der Waals surface area (Å²) in [7, 11) is 0. The third-order valence-electron chi connectivity index (χ3n) is 3.27. The van der Waals surface area contributed by atoms with Crippen LogP contribution in [0.5, 0.6) is 0 Å². The molecule has 1 amide bonds. The van der Waals surface area contributed by atoms with Gasteiger partial charge in [0.1, 0.15) is 0 Å². The SMILES string of the molecule is C=CCC(N)C(=O)N1CCC(C(C)O)CC1. The zero-order valence-corrected chi connectivity index (χ0v) is 9.93. The number of amides is 1. The fourth-order valence-corrected chi connectivity index (χ4v) is 2.12. The van der Waals surface area contributed by atoms with Gasteiger partial charge in [0, 0.05) is 13.1 Å². The molecule has 2 unspecified atom stereocenters. The molecule has 0 aliphatic carbocycles. The third kappa shape index (κ3) is 3.32. The lowest BCUT2D eigenvalue weighted by molar-refractivity contribution is -0.134. The minimum Gasteiger partial charge on any atom is -0.393 e. The number of nitrogens with zero attached hydrogens (tertiary/aromatic N) is 1. The Hall–Kier alpha value is -0.870. The zero-order valence-electron chi connectivity index (χ0n) is 9.93. The summed E-state index contributed by atoms with van der Waals surface area (Å²) in [5.41, 5.74) is 5.74. The van der Waals surface area contributed by atoms with Gasteiger partial charge >= 0.3 is 0 Å². The maximum atomic E-state index is 11.9. The van der Waals surface area contributed by atoms with Gasteiger partial charge in [0.25, 0.3) is 0 Å². The summed E-state index contributed by atoms with van der Waals surface area (Å²) in [6.45, 7) is 6.81. The highest BCUT2D eigenvalue weighted by Crippen LogP contribution is 2.20. The van der Waals surface area contributed by atoms with Gasteiger partial charge in [0.15, 0.2) is 0 Å². The van der Waals surface area contributed by atoms with Crippen molar-refractivity contribution in [3.63, 3.8) is 0 Å². The molecule has 4 heteroatoms. The first-order chi connectivity index (χ1) is 7.56. The van der Waals surface area contributed by atoms with E-state index in [2.05, 4.69) is 6.58 Å². The molecule has 2 atom stereocenters. The molecule has 1 fully saturated rings. The zero-order chi connectivity index (χ0) is 12.1. The van der Waals surface area contributed by atoms with E-state index in [-0.39, 0.29) is 12.0 Å². The largest absolute Gasteiger partial charge is 0.393 e. The third-order valence-corrected chi connectivity index (χ3v) is 3.27. The molecule has 92 valence electrons. The van der Waals surface area contributed by atoms with Crippen molar-refractivity contribution in [1.82, 2.24) is 4.90 Å². The van der Waals surface area contributed by atoms with Crippen LogP contribution in [0.1, 0.15) is 26.2 Å². The Bertz CT molecular complexity index is 245. The van der Waals surface area contributed by atoms with Crippen molar-refractivity contribution < 1.29 is 9.90 Å². The summed E-state index contributed by atoms with van der Waals surface area (Å²) >= 11 is 0. The van der Waals surface area contributed by atoms with Gasteiger partial charge in [-0.15, -0.1) is 6.58 Å². The van der Waals surface area contributed by atoms with Crippen LogP contribution >= 0.6 is 0 Å². The van der Waals surface area contributed by atoms with Crippen molar-refractivity contribution in [2.75, 3.05) is 13.1 Å². The van der Waals surface area contributed by atoms with Crippen molar-refractivity contribution >= 4 is 5.91 Å². The van der Waals surface area contributed by atoms with Gasteiger partial charge in [-0.25, -0.2) is 0 Å². The molecular weight excluding hydrogens is 204 g/mol. The summed E-state index contributed by atoms with van der Waals surface area (Å²) in [5, 5.41) is 9.45. The highest BCUT2D eigenvalue weighted by Gasteiger charge is 2.27. The van der Waals surface area contributed by atoms with E-state index in [1.165, 1.54) is 0 Å². The average molecular weight is 226 g/mol. The minimum atomic E-state index is -0.458. The van der Waals surface area contributed by atoms with Crippen molar-refractivity contribution in [3.05, 3.63) is 12.7 Å². The molecule has 3 N–H and O–H groups in total. The summed E-state index contributed by atoms with van der Waals surface area (Å²) in [6.07, 6.45) is 3.65. The van der Waals surface area contributed by atoms with Crippen LogP contribution in [0, 0.1) is 5.92 Å². The van der Waals surface area contributed by atoms with E-state index in [0.29, 0.717) is 25.4 Å². The number of piperidine rings is 1. The van der Waals surface area contributed by atoms with Crippen LogP contribution in [0.4, 0.5) is 0 Å². The molecule has 1 rings (SSSR count). The van der Waals surface area contributed by atoms with Crippen molar-refractivity contribution in [2.45, 2.75) is 38.3 Å². The van der Waals surface area contributed by atoms with Crippen LogP contribution in [0.2, 0.25) is 0 Å². The number of rotatable bonds is 4. The van der Waals surface area contributed by atoms with Crippen LogP contribution in [0.25, 0.3) is 0 Å². The summed E-state index contributed by atoms with van der Waals surface area (Å²) in [4.78, 5) is 13.7. The molecular formula is C12H22N2O2. The lowest BCUT2D eigenvalue weighted by atomic mass is 9.92. The molecule has 0 aromatic carbocycles. The van der Waals surface area contributed by atoms with Crippen LogP contribution in [-0.2, 0) is 4.79 Å². The van der Waals surface area contributed by atoms with Crippen LogP contribution in [0.15, 0.2) is 12.7 Å². The van der Waals surface area contributed by atoms with Crippen LogP contribution in [-0.4, -0.2) is 41.1 Å². The number of aliphatic hydroxyl groups is 1. The molecule has 1 heterocycles. The predicted molar refractivity (Wildman–Crippen MR) is 63.8 cm³/mol. The highest BCUT2D eigenvalue weighted by atomic mass is 16.3. The topological polar surface area (TPSA) is 66.6 Å². The Balaban J connectivity index is 2.41. The number of hydrogen-bond donors (Lipinski definition) is 2. The van der Waals surface area contributed by atoms with Gasteiger partial charge in [0.2, 0.25) is 5.91 Å². The molecule has 0 aromatic rings. The van der Waals surface area contributed by atoms with E-state index < -0.39 is 6.04 Å². The quantitative estimate of drug-likeness (QED) is 0.686. The van der Waals surface area contributed by atoms with Gasteiger partial charge in [-0.1, -0.05) is 6.08 Å². The standard InChI is InChI=1S/C12H22N2O2/c1-3-4-11(13)12(16)14-7-5-10(6-8-14)9(2)15/h3,9-11,15H,1,4-8,13H2,2H3. The number of likely N-dealkylation sites (tertiary alicyclic amines) is 1. The molecule has 1 aliphatic heterocycles. The fraction of sp³-hybridized carbons (Fsp3) is 0.750. The van der Waals surface area contributed by atoms with Crippen LogP contribution in [0.3, 0.4) is 0 Å². The minimum absolute atomic E-state index is 0.00365. The van der Waals surface area contributed by atoms with Gasteiger partial charge < -0.3 is 15.7 Å². The van der Waals surface area contributed by atoms with Crippen LogP contribution < -0.4 is 5.73 Å². The van der Waals surface area contributed by atoms with Crippen molar-refractivity contribution in [3.8, 4) is 0 Å². The smallest absolute Gasteiger partial charge is 0.239 e. The van der Waals surface area contributed by atoms with E-state index in [4.69, 9.17) is 5.73 Å². The molecule has 16 heavy (non-hydrogen) atoms. The lowest BCUT2D eigenvalue weighted by Gasteiger charge is -2.34. The highest BCUT2D eigenvalue weighted by molar-refractivity contribution is 5.81. The molecule has 0 saturated carbocycles. The van der Waals surface area contributed by atoms with Gasteiger partial charge in [0.05, 0.1) is 12.1 Å². The average Bonchev–Trinajstić information content (AvgIpc) is 2.28. The first kappa shape index (κ1) is 13.2. The Morgan fingerprint density at radius 2 is 2.19 bits per heavy atom. The van der Waals surface area contributed by atoms with Crippen molar-refractivity contribution in [2.24, 2.45) is 11.7 Å². The second kappa shape index (κ2) is 6.01. The van der Waals surface area contributed by atoms with E-state index in [1.807, 2.05) is 6.92 Å². The molecule has 0 radical (unpaired) electrons. The molecule has 0 spiro atoms. The maximum Gasteiger partial charge on any atom is 0.239 e. The maximum absolute atomic E-state index is 11.9. The first-order valence-electron chi connectivity index (χ1n) is 5.89. The monoisotopic (exact) mass is 226 g/mol. The summed E-state index contributed by atoms with van der Waals surface area (Å²) in [6, 6.07) is -0.458. The molecule has 1 saturated heterocycles. The fourth-order valence-electron chi connectivity index (χ4n) is 2.12. The number of carbonyl (C=O) groups excluding carboxylic acids is 1. The number of hydrogen-bond acceptors (Lipinski definition) is 3. The van der Waals surface area contributed by atoms with E-state index in [1.54, 1.807) is 11.0 Å². The Labute approximate surface area is 97.1 Å². The Kier molecular flexibility index (Phi) is 4.96. The van der Waals surface area contributed by atoms with E-state index in [0.717, 1.165) is 12.8 Å². The number of nitrogens with two attached hydrogens (primary N) is 1. The number of carbonyl (C=O) groups is 1. The Morgan fingerprint density at radius 1 is 1.62 bits per heavy atom. The second-order valence-corrected chi connectivity index (χ2v) is 4.53. The lowest BCUT2D eigenvalue weighted by Crippen LogP contribution is -2.47. The molecule has 0 bridgehead atoms. The molecule has 4 nitrogen and oxygen atoms in total. The normalized spacial score (nSPS) is 21.6. The Morgan fingerprint density at radius 3 is 2.62 bits per heavy atom. The number of aliphatic hydroxyl groups excluding tert-OH is 1. The van der Waals surface area contributed by atoms with Gasteiger partial charge in [-0.3, -0.25) is 4.79 Å². The van der Waals surface area contributed by atoms with Gasteiger partial charge in [-0.2, -0.15) is 0 Å². The van der Waals surface area contributed by atoms with E-state index >= 15 is 0 Å².